The monoisotopic (exact) mass is 794 g/mol. The fourth-order valence-electron chi connectivity index (χ4n) is 7.97. The molecule has 3 aliphatic rings. The first kappa shape index (κ1) is 39.8. The number of aromatic carboxylic acids is 1. The number of aromatic amines is 1. The van der Waals surface area contributed by atoms with Crippen LogP contribution in [0, 0.1) is 5.92 Å². The molecule has 298 valence electrons. The molecule has 57 heavy (non-hydrogen) atoms. The lowest BCUT2D eigenvalue weighted by atomic mass is 9.86. The predicted molar refractivity (Wildman–Crippen MR) is 217 cm³/mol. The number of H-pyrrole nitrogens is 1. The van der Waals surface area contributed by atoms with Crippen LogP contribution in [-0.2, 0) is 17.8 Å². The molecule has 1 aromatic heterocycles. The van der Waals surface area contributed by atoms with Crippen molar-refractivity contribution in [3.63, 3.8) is 0 Å². The van der Waals surface area contributed by atoms with Crippen LogP contribution in [0.1, 0.15) is 76.0 Å². The zero-order valence-corrected chi connectivity index (χ0v) is 32.2. The highest BCUT2D eigenvalue weighted by molar-refractivity contribution is 6.34. The smallest absolute Gasteiger partial charge is 0.408 e. The molecule has 8 rings (SSSR count). The van der Waals surface area contributed by atoms with Crippen molar-refractivity contribution in [2.24, 2.45) is 5.92 Å². The zero-order valence-electron chi connectivity index (χ0n) is 31.5. The van der Waals surface area contributed by atoms with Gasteiger partial charge in [-0.05, 0) is 116 Å². The lowest BCUT2D eigenvalue weighted by molar-refractivity contribution is -0.0336. The lowest BCUT2D eigenvalue weighted by Gasteiger charge is -2.43. The molecule has 4 aromatic carbocycles. The number of carbonyl (C=O) groups is 2. The molecule has 5 aromatic rings. The van der Waals surface area contributed by atoms with Gasteiger partial charge in [0.2, 0.25) is 5.56 Å². The van der Waals surface area contributed by atoms with Crippen LogP contribution in [0.5, 0.6) is 11.5 Å². The number of carboxylic acid groups (broad SMARTS) is 1. The normalized spacial score (nSPS) is 18.5. The lowest BCUT2D eigenvalue weighted by Crippen LogP contribution is -2.52. The molecule has 0 aliphatic carbocycles. The number of ether oxygens (including phenoxy) is 2. The van der Waals surface area contributed by atoms with Crippen LogP contribution < -0.4 is 20.9 Å². The molecule has 0 saturated carbocycles. The number of amides is 1. The van der Waals surface area contributed by atoms with E-state index in [2.05, 4.69) is 20.5 Å². The third-order valence-electron chi connectivity index (χ3n) is 11.0. The number of alkyl carbamates (subject to hydrolysis) is 1. The zero-order chi connectivity index (χ0) is 39.9. The Morgan fingerprint density at radius 2 is 1.74 bits per heavy atom. The molecule has 3 aliphatic heterocycles. The van der Waals surface area contributed by atoms with Gasteiger partial charge in [-0.15, -0.1) is 0 Å². The van der Waals surface area contributed by atoms with E-state index in [1.54, 1.807) is 18.2 Å². The van der Waals surface area contributed by atoms with Crippen LogP contribution in [0.4, 0.5) is 4.79 Å². The van der Waals surface area contributed by atoms with Crippen LogP contribution in [-0.4, -0.2) is 76.1 Å². The summed E-state index contributed by atoms with van der Waals surface area (Å²) >= 11 is 6.70. The Morgan fingerprint density at radius 1 is 0.947 bits per heavy atom. The number of fused-ring (bicyclic) bond motifs is 4. The number of phenols is 1. The number of benzene rings is 4. The second-order valence-corrected chi connectivity index (χ2v) is 15.1. The van der Waals surface area contributed by atoms with Crippen molar-refractivity contribution in [2.75, 3.05) is 32.7 Å². The number of unbranched alkanes of at least 4 members (excludes halogenated alkanes) is 1. The highest BCUT2D eigenvalue weighted by Crippen LogP contribution is 2.33. The molecule has 2 bridgehead atoms. The van der Waals surface area contributed by atoms with E-state index in [9.17, 15) is 29.7 Å². The Hall–Kier alpha value is -5.40. The average Bonchev–Trinajstić information content (AvgIpc) is 3.22. The summed E-state index contributed by atoms with van der Waals surface area (Å²) in [5.41, 5.74) is 3.68. The number of hydrogen-bond acceptors (Lipinski definition) is 9. The van der Waals surface area contributed by atoms with Crippen molar-refractivity contribution in [3.8, 4) is 11.5 Å². The molecule has 1 unspecified atom stereocenters. The molecule has 3 fully saturated rings. The summed E-state index contributed by atoms with van der Waals surface area (Å²) in [6.45, 7) is 3.83. The maximum absolute atomic E-state index is 13.3. The number of pyridine rings is 1. The van der Waals surface area contributed by atoms with Gasteiger partial charge in [0.1, 0.15) is 24.2 Å². The Bertz CT molecular complexity index is 2260. The minimum Gasteiger partial charge on any atom is -0.506 e. The number of nitrogens with zero attached hydrogens (tertiary/aromatic N) is 1. The summed E-state index contributed by atoms with van der Waals surface area (Å²) < 4.78 is 12.3. The van der Waals surface area contributed by atoms with Gasteiger partial charge in [-0.25, -0.2) is 9.59 Å². The molecule has 12 nitrogen and oxygen atoms in total. The maximum Gasteiger partial charge on any atom is 0.408 e. The highest BCUT2D eigenvalue weighted by atomic mass is 35.5. The Balaban J connectivity index is 0.978. The van der Waals surface area contributed by atoms with E-state index in [-0.39, 0.29) is 46.7 Å². The number of aliphatic hydroxyl groups excluding tert-OH is 1. The molecule has 6 N–H and O–H groups in total. The predicted octanol–water partition coefficient (Wildman–Crippen LogP) is 6.72. The number of aliphatic hydroxyl groups is 1. The van der Waals surface area contributed by atoms with Crippen molar-refractivity contribution in [2.45, 2.75) is 57.0 Å². The molecule has 1 amide bonds. The average molecular weight is 795 g/mol. The molecule has 3 saturated heterocycles. The van der Waals surface area contributed by atoms with Crippen LogP contribution >= 0.6 is 11.6 Å². The van der Waals surface area contributed by atoms with Gasteiger partial charge in [-0.1, -0.05) is 66.2 Å². The largest absolute Gasteiger partial charge is 0.506 e. The van der Waals surface area contributed by atoms with Gasteiger partial charge in [-0.3, -0.25) is 9.69 Å². The summed E-state index contributed by atoms with van der Waals surface area (Å²) in [5.74, 6) is -0.228. The number of aromatic nitrogens is 1. The second kappa shape index (κ2) is 18.2. The summed E-state index contributed by atoms with van der Waals surface area (Å²) in [6, 6.07) is 26.0. The summed E-state index contributed by atoms with van der Waals surface area (Å²) in [4.78, 5) is 42.0. The van der Waals surface area contributed by atoms with Crippen LogP contribution in [0.15, 0.2) is 95.8 Å². The van der Waals surface area contributed by atoms with E-state index in [0.717, 1.165) is 49.2 Å². The van der Waals surface area contributed by atoms with Crippen LogP contribution in [0.3, 0.4) is 0 Å². The third-order valence-corrected chi connectivity index (χ3v) is 11.5. The van der Waals surface area contributed by atoms with Crippen molar-refractivity contribution in [1.82, 2.24) is 20.5 Å². The van der Waals surface area contributed by atoms with E-state index in [1.165, 1.54) is 18.2 Å². The number of carbonyl (C=O) groups excluding carboxylic acids is 1. The van der Waals surface area contributed by atoms with Crippen LogP contribution in [0.2, 0.25) is 5.02 Å². The van der Waals surface area contributed by atoms with E-state index < -0.39 is 24.2 Å². The molecule has 0 spiro atoms. The van der Waals surface area contributed by atoms with E-state index in [4.69, 9.17) is 21.1 Å². The molecule has 0 radical (unpaired) electrons. The SMILES string of the molecule is O=C(NC(c1ccccc1)c1cccc(OCc2ccc(C(=O)O)c(Cl)c2CCCCNC[C@H](O)c2ccc(O)c3[nH]c(=O)ccc23)c1)O[C@H]1CN2CCC1CC2. The second-order valence-electron chi connectivity index (χ2n) is 14.8. The fourth-order valence-corrected chi connectivity index (χ4v) is 8.32. The topological polar surface area (TPSA) is 173 Å². The summed E-state index contributed by atoms with van der Waals surface area (Å²) in [7, 11) is 0. The van der Waals surface area contributed by atoms with Crippen molar-refractivity contribution < 1.29 is 34.4 Å². The van der Waals surface area contributed by atoms with Crippen LogP contribution in [0.25, 0.3) is 10.9 Å². The number of halogens is 1. The molecular formula is C44H47ClN4O8. The standard InChI is InChI=1S/C44H47ClN4O8/c45-40-32(11-4-5-20-46-24-37(51)33-14-16-36(50)42-34(33)15-17-39(52)47-42)30(12-13-35(40)43(53)54)26-56-31-10-6-9-29(23-31)41(28-7-2-1-3-8-28)48-44(55)57-38-25-49-21-18-27(38)19-22-49/h1-3,6-10,12-17,23,27,37-38,41,46,50-51H,4-5,11,18-22,24-26H2,(H,47,52)(H,48,55)(H,53,54)/t37-,38-,41?/m0/s1. The molecule has 4 heterocycles. The number of rotatable bonds is 16. The number of aromatic hydroxyl groups is 1. The molecule has 13 heteroatoms. The quantitative estimate of drug-likeness (QED) is 0.0589. The van der Waals surface area contributed by atoms with Gasteiger partial charge in [0.05, 0.1) is 28.2 Å². The van der Waals surface area contributed by atoms with Gasteiger partial charge in [0, 0.05) is 24.5 Å². The van der Waals surface area contributed by atoms with Gasteiger partial charge in [-0.2, -0.15) is 0 Å². The molecule has 3 atom stereocenters. The Labute approximate surface area is 335 Å². The first-order chi connectivity index (χ1) is 27.6. The van der Waals surface area contributed by atoms with Crippen molar-refractivity contribution >= 4 is 34.6 Å². The van der Waals surface area contributed by atoms with Gasteiger partial charge >= 0.3 is 12.1 Å². The first-order valence-electron chi connectivity index (χ1n) is 19.4. The third kappa shape index (κ3) is 9.60. The fraction of sp³-hybridized carbons (Fsp3) is 0.341. The summed E-state index contributed by atoms with van der Waals surface area (Å²) in [5, 5.41) is 38.0. The van der Waals surface area contributed by atoms with Crippen molar-refractivity contribution in [1.29, 1.82) is 0 Å². The molecular weight excluding hydrogens is 748 g/mol. The Kier molecular flexibility index (Phi) is 12.7. The Morgan fingerprint density at radius 3 is 2.49 bits per heavy atom. The van der Waals surface area contributed by atoms with Gasteiger partial charge < -0.3 is 40.4 Å². The van der Waals surface area contributed by atoms with E-state index in [0.29, 0.717) is 54.0 Å². The van der Waals surface area contributed by atoms with E-state index in [1.807, 2.05) is 54.6 Å². The van der Waals surface area contributed by atoms with Gasteiger partial charge in [0.15, 0.2) is 0 Å². The number of hydrogen-bond donors (Lipinski definition) is 6. The minimum atomic E-state index is -1.12. The number of nitrogens with one attached hydrogen (secondary N) is 3. The first-order valence-corrected chi connectivity index (χ1v) is 19.8. The number of phenolic OH excluding ortho intramolecular Hbond substituents is 1. The number of piperidine rings is 3. The maximum atomic E-state index is 13.3. The minimum absolute atomic E-state index is 0.0167. The summed E-state index contributed by atoms with van der Waals surface area (Å²) in [6.07, 6.45) is 2.51. The van der Waals surface area contributed by atoms with Gasteiger partial charge in [0.25, 0.3) is 0 Å². The van der Waals surface area contributed by atoms with Crippen molar-refractivity contribution in [3.05, 3.63) is 140 Å². The highest BCUT2D eigenvalue weighted by Gasteiger charge is 2.37. The van der Waals surface area contributed by atoms with E-state index >= 15 is 0 Å². The number of carboxylic acids is 1.